The van der Waals surface area contributed by atoms with Gasteiger partial charge in [0.25, 0.3) is 6.43 Å². The van der Waals surface area contributed by atoms with Crippen LogP contribution in [0.1, 0.15) is 36.2 Å². The number of nitrogens with zero attached hydrogens (tertiary/aromatic N) is 2. The highest BCUT2D eigenvalue weighted by Gasteiger charge is 2.27. The molecule has 1 aliphatic rings. The first-order valence-corrected chi connectivity index (χ1v) is 6.52. The minimum Gasteiger partial charge on any atom is -0.399 e. The first-order valence-electron chi connectivity index (χ1n) is 6.52. The van der Waals surface area contributed by atoms with Crippen LogP contribution in [0.2, 0.25) is 0 Å². The van der Waals surface area contributed by atoms with Crippen molar-refractivity contribution in [3.05, 3.63) is 41.0 Å². The van der Waals surface area contributed by atoms with Crippen LogP contribution in [0.4, 0.5) is 18.9 Å². The fourth-order valence-corrected chi connectivity index (χ4v) is 2.70. The summed E-state index contributed by atoms with van der Waals surface area (Å²) in [7, 11) is 0. The molecule has 0 atom stereocenters. The fourth-order valence-electron chi connectivity index (χ4n) is 2.70. The van der Waals surface area contributed by atoms with Crippen molar-refractivity contribution in [2.45, 2.75) is 32.1 Å². The van der Waals surface area contributed by atoms with E-state index in [0.29, 0.717) is 29.8 Å². The Kier molecular flexibility index (Phi) is 3.16. The van der Waals surface area contributed by atoms with Crippen LogP contribution < -0.4 is 5.73 Å². The summed E-state index contributed by atoms with van der Waals surface area (Å²) in [5.41, 5.74) is 7.01. The summed E-state index contributed by atoms with van der Waals surface area (Å²) in [5, 5.41) is 3.94. The number of anilines is 1. The second-order valence-corrected chi connectivity index (χ2v) is 4.94. The van der Waals surface area contributed by atoms with Crippen molar-refractivity contribution < 1.29 is 13.2 Å². The zero-order valence-electron chi connectivity index (χ0n) is 10.7. The molecule has 20 heavy (non-hydrogen) atoms. The van der Waals surface area contributed by atoms with Crippen molar-refractivity contribution in [2.75, 3.05) is 5.73 Å². The Hall–Kier alpha value is -1.98. The third-order valence-electron chi connectivity index (χ3n) is 3.62. The van der Waals surface area contributed by atoms with Crippen LogP contribution in [0.15, 0.2) is 18.2 Å². The lowest BCUT2D eigenvalue weighted by molar-refractivity contribution is 0.144. The summed E-state index contributed by atoms with van der Waals surface area (Å²) in [6.45, 7) is 0. The van der Waals surface area contributed by atoms with Crippen LogP contribution in [0.5, 0.6) is 0 Å². The second-order valence-electron chi connectivity index (χ2n) is 4.94. The predicted molar refractivity (Wildman–Crippen MR) is 69.5 cm³/mol. The lowest BCUT2D eigenvalue weighted by Crippen LogP contribution is -2.09. The molecule has 1 aromatic carbocycles. The summed E-state index contributed by atoms with van der Waals surface area (Å²) in [5.74, 6) is -0.554. The predicted octanol–water partition coefficient (Wildman–Crippen LogP) is 3.41. The van der Waals surface area contributed by atoms with Gasteiger partial charge in [-0.25, -0.2) is 17.9 Å². The summed E-state index contributed by atoms with van der Waals surface area (Å²) < 4.78 is 41.4. The molecular formula is C14H14F3N3. The van der Waals surface area contributed by atoms with Gasteiger partial charge in [0, 0.05) is 16.9 Å². The number of benzene rings is 1. The Morgan fingerprint density at radius 1 is 1.20 bits per heavy atom. The standard InChI is InChI=1S/C14H14F3N3/c15-10-7-8(18)5-6-12(10)20-11-4-2-1-3-9(11)13(19-20)14(16)17/h5-7,14H,1-4,18H2. The largest absolute Gasteiger partial charge is 0.399 e. The van der Waals surface area contributed by atoms with Crippen LogP contribution >= 0.6 is 0 Å². The molecule has 0 saturated carbocycles. The maximum Gasteiger partial charge on any atom is 0.282 e. The van der Waals surface area contributed by atoms with Crippen LogP contribution in [-0.2, 0) is 12.8 Å². The van der Waals surface area contributed by atoms with Crippen molar-refractivity contribution in [2.24, 2.45) is 0 Å². The Morgan fingerprint density at radius 3 is 2.65 bits per heavy atom. The molecule has 1 heterocycles. The molecule has 6 heteroatoms. The number of fused-ring (bicyclic) bond motifs is 1. The van der Waals surface area contributed by atoms with Gasteiger partial charge in [0.05, 0.1) is 0 Å². The van der Waals surface area contributed by atoms with E-state index in [1.54, 1.807) is 0 Å². The van der Waals surface area contributed by atoms with Gasteiger partial charge in [-0.1, -0.05) is 0 Å². The van der Waals surface area contributed by atoms with Gasteiger partial charge >= 0.3 is 0 Å². The van der Waals surface area contributed by atoms with Crippen LogP contribution in [-0.4, -0.2) is 9.78 Å². The number of halogens is 3. The number of alkyl halides is 2. The van der Waals surface area contributed by atoms with E-state index in [-0.39, 0.29) is 11.4 Å². The highest BCUT2D eigenvalue weighted by Crippen LogP contribution is 2.32. The molecule has 0 bridgehead atoms. The average Bonchev–Trinajstić information content (AvgIpc) is 2.78. The summed E-state index contributed by atoms with van der Waals surface area (Å²) in [6, 6.07) is 4.19. The van der Waals surface area contributed by atoms with Crippen molar-refractivity contribution in [3.63, 3.8) is 0 Å². The third-order valence-corrected chi connectivity index (χ3v) is 3.62. The number of hydrogen-bond acceptors (Lipinski definition) is 2. The molecule has 3 nitrogen and oxygen atoms in total. The zero-order valence-corrected chi connectivity index (χ0v) is 10.7. The molecule has 0 unspecified atom stereocenters. The Balaban J connectivity index is 2.18. The van der Waals surface area contributed by atoms with E-state index in [1.165, 1.54) is 22.9 Å². The molecule has 0 amide bonds. The van der Waals surface area contributed by atoms with E-state index in [4.69, 9.17) is 5.73 Å². The number of nitrogen functional groups attached to an aromatic ring is 1. The molecule has 0 spiro atoms. The maximum atomic E-state index is 14.0. The normalized spacial score (nSPS) is 14.6. The highest BCUT2D eigenvalue weighted by atomic mass is 19.3. The van der Waals surface area contributed by atoms with Crippen LogP contribution in [0.3, 0.4) is 0 Å². The Labute approximate surface area is 114 Å². The van der Waals surface area contributed by atoms with E-state index in [2.05, 4.69) is 5.10 Å². The topological polar surface area (TPSA) is 43.8 Å². The minimum absolute atomic E-state index is 0.171. The van der Waals surface area contributed by atoms with Gasteiger partial charge in [-0.05, 0) is 43.9 Å². The lowest BCUT2D eigenvalue weighted by atomic mass is 9.95. The van der Waals surface area contributed by atoms with Crippen molar-refractivity contribution in [1.29, 1.82) is 0 Å². The highest BCUT2D eigenvalue weighted by molar-refractivity contribution is 5.48. The van der Waals surface area contributed by atoms with E-state index in [9.17, 15) is 13.2 Å². The molecular weight excluding hydrogens is 267 g/mol. The number of aromatic nitrogens is 2. The van der Waals surface area contributed by atoms with Gasteiger partial charge < -0.3 is 5.73 Å². The number of nitrogens with two attached hydrogens (primary N) is 1. The molecule has 1 aliphatic carbocycles. The monoisotopic (exact) mass is 281 g/mol. The Bertz CT molecular complexity index is 649. The molecule has 2 N–H and O–H groups in total. The van der Waals surface area contributed by atoms with E-state index < -0.39 is 12.2 Å². The maximum absolute atomic E-state index is 14.0. The summed E-state index contributed by atoms with van der Waals surface area (Å²) in [6.07, 6.45) is 0.338. The SMILES string of the molecule is Nc1ccc(-n2nc(C(F)F)c3c2CCCC3)c(F)c1. The van der Waals surface area contributed by atoms with Gasteiger partial charge in [-0.3, -0.25) is 0 Å². The molecule has 0 saturated heterocycles. The first-order chi connectivity index (χ1) is 9.58. The van der Waals surface area contributed by atoms with Gasteiger partial charge in [0.1, 0.15) is 11.4 Å². The molecule has 2 aromatic rings. The van der Waals surface area contributed by atoms with Crippen molar-refractivity contribution >= 4 is 5.69 Å². The average molecular weight is 281 g/mol. The molecule has 0 aliphatic heterocycles. The minimum atomic E-state index is -2.64. The summed E-state index contributed by atoms with van der Waals surface area (Å²) >= 11 is 0. The lowest BCUT2D eigenvalue weighted by Gasteiger charge is -2.14. The molecule has 106 valence electrons. The van der Waals surface area contributed by atoms with Crippen LogP contribution in [0, 0.1) is 5.82 Å². The third kappa shape index (κ3) is 2.05. The van der Waals surface area contributed by atoms with Gasteiger partial charge in [-0.2, -0.15) is 5.10 Å². The number of hydrogen-bond donors (Lipinski definition) is 1. The Morgan fingerprint density at radius 2 is 1.95 bits per heavy atom. The van der Waals surface area contributed by atoms with E-state index >= 15 is 0 Å². The van der Waals surface area contributed by atoms with Gasteiger partial charge in [0.15, 0.2) is 5.82 Å². The zero-order chi connectivity index (χ0) is 14.3. The van der Waals surface area contributed by atoms with Crippen molar-refractivity contribution in [3.8, 4) is 5.69 Å². The molecule has 0 radical (unpaired) electrons. The molecule has 3 rings (SSSR count). The smallest absolute Gasteiger partial charge is 0.282 e. The van der Waals surface area contributed by atoms with Gasteiger partial charge in [-0.15, -0.1) is 0 Å². The number of rotatable bonds is 2. The fraction of sp³-hybridized carbons (Fsp3) is 0.357. The van der Waals surface area contributed by atoms with Gasteiger partial charge in [0.2, 0.25) is 0 Å². The molecule has 1 aromatic heterocycles. The quantitative estimate of drug-likeness (QED) is 0.857. The summed E-state index contributed by atoms with van der Waals surface area (Å²) in [4.78, 5) is 0. The van der Waals surface area contributed by atoms with Crippen LogP contribution in [0.25, 0.3) is 5.69 Å². The van der Waals surface area contributed by atoms with E-state index in [0.717, 1.165) is 12.8 Å². The van der Waals surface area contributed by atoms with Crippen molar-refractivity contribution in [1.82, 2.24) is 9.78 Å². The molecule has 0 fully saturated rings. The second kappa shape index (κ2) is 4.85. The first kappa shape index (κ1) is 13.0. The van der Waals surface area contributed by atoms with E-state index in [1.807, 2.05) is 0 Å².